The van der Waals surface area contributed by atoms with Gasteiger partial charge in [0, 0.05) is 4.92 Å². The average Bonchev–Trinajstić information content (AvgIpc) is 2.67. The van der Waals surface area contributed by atoms with E-state index >= 15 is 0 Å². The van der Waals surface area contributed by atoms with Crippen LogP contribution in [0.15, 0.2) is 53.3 Å². The average molecular weight is 395 g/mol. The molecule has 3 atom stereocenters. The summed E-state index contributed by atoms with van der Waals surface area (Å²) in [5.41, 5.74) is 7.37. The molecule has 4 rings (SSSR count). The second-order valence-electron chi connectivity index (χ2n) is 7.05. The molecule has 0 fully saturated rings. The van der Waals surface area contributed by atoms with Crippen LogP contribution in [-0.4, -0.2) is 20.9 Å². The van der Waals surface area contributed by atoms with Gasteiger partial charge in [-0.15, -0.1) is 0 Å². The van der Waals surface area contributed by atoms with Crippen molar-refractivity contribution in [2.75, 3.05) is 11.1 Å². The van der Waals surface area contributed by atoms with E-state index in [0.29, 0.717) is 11.1 Å². The molecule has 8 nitrogen and oxygen atoms in total. The first-order valence-corrected chi connectivity index (χ1v) is 8.97. The minimum atomic E-state index is -1.22. The molecule has 0 saturated heterocycles. The summed E-state index contributed by atoms with van der Waals surface area (Å²) in [6.45, 7) is 1.92. The molecule has 0 radical (unpaired) electrons. The lowest BCUT2D eigenvalue weighted by atomic mass is 9.78. The van der Waals surface area contributed by atoms with Gasteiger partial charge in [-0.25, -0.2) is 4.39 Å². The van der Waals surface area contributed by atoms with Crippen molar-refractivity contribution in [2.24, 2.45) is 0 Å². The normalized spacial score (nSPS) is 20.6. The highest BCUT2D eigenvalue weighted by molar-refractivity contribution is 5.57. The number of nitrogens with zero attached hydrogens (tertiary/aromatic N) is 2. The fourth-order valence-corrected chi connectivity index (χ4v) is 3.83. The predicted molar refractivity (Wildman–Crippen MR) is 106 cm³/mol. The van der Waals surface area contributed by atoms with E-state index in [9.17, 15) is 19.3 Å². The number of nitrogens with two attached hydrogens (primary N) is 1. The predicted octanol–water partition coefficient (Wildman–Crippen LogP) is 2.74. The molecule has 0 spiro atoms. The molecule has 0 unspecified atom stereocenters. The number of aryl methyl sites for hydroxylation is 1. The van der Waals surface area contributed by atoms with Crippen molar-refractivity contribution in [3.8, 4) is 0 Å². The monoisotopic (exact) mass is 395 g/mol. The highest BCUT2D eigenvalue weighted by Gasteiger charge is 2.48. The number of aromatic amines is 1. The van der Waals surface area contributed by atoms with E-state index < -0.39 is 34.3 Å². The van der Waals surface area contributed by atoms with Crippen LogP contribution in [0.4, 0.5) is 16.2 Å². The lowest BCUT2D eigenvalue weighted by molar-refractivity contribution is -0.529. The zero-order valence-electron chi connectivity index (χ0n) is 15.4. The van der Waals surface area contributed by atoms with Crippen molar-refractivity contribution in [3.63, 3.8) is 0 Å². The number of anilines is 2. The van der Waals surface area contributed by atoms with Crippen LogP contribution in [0.1, 0.15) is 34.2 Å². The minimum Gasteiger partial charge on any atom is -0.369 e. The summed E-state index contributed by atoms with van der Waals surface area (Å²) in [5, 5.41) is 15.2. The van der Waals surface area contributed by atoms with Crippen LogP contribution in [0.25, 0.3) is 0 Å². The van der Waals surface area contributed by atoms with Gasteiger partial charge < -0.3 is 11.1 Å². The van der Waals surface area contributed by atoms with Crippen molar-refractivity contribution in [3.05, 3.63) is 97.1 Å². The number of nitrogens with one attached hydrogen (secondary N) is 2. The molecule has 0 bridgehead atoms. The Balaban J connectivity index is 1.96. The molecule has 1 aromatic heterocycles. The molecule has 3 aromatic rings. The van der Waals surface area contributed by atoms with Crippen LogP contribution >= 0.6 is 0 Å². The third-order valence-electron chi connectivity index (χ3n) is 5.17. The molecule has 9 heteroatoms. The molecule has 4 N–H and O–H groups in total. The van der Waals surface area contributed by atoms with Gasteiger partial charge in [-0.2, -0.15) is 4.98 Å². The summed E-state index contributed by atoms with van der Waals surface area (Å²) in [4.78, 5) is 31.0. The Labute approximate surface area is 164 Å². The number of hydrogen-bond donors (Lipinski definition) is 3. The quantitative estimate of drug-likeness (QED) is 0.462. The molecule has 0 aliphatic carbocycles. The molecule has 0 saturated carbocycles. The maximum atomic E-state index is 13.5. The second-order valence-corrected chi connectivity index (χ2v) is 7.05. The van der Waals surface area contributed by atoms with Gasteiger partial charge in [-0.05, 0) is 30.2 Å². The summed E-state index contributed by atoms with van der Waals surface area (Å²) in [7, 11) is 0. The number of nitrogen functional groups attached to an aromatic ring is 1. The highest BCUT2D eigenvalue weighted by atomic mass is 19.1. The van der Waals surface area contributed by atoms with Gasteiger partial charge in [0.1, 0.15) is 17.7 Å². The van der Waals surface area contributed by atoms with Crippen molar-refractivity contribution in [2.45, 2.75) is 24.9 Å². The van der Waals surface area contributed by atoms with Gasteiger partial charge in [-0.1, -0.05) is 42.0 Å². The van der Waals surface area contributed by atoms with E-state index in [2.05, 4.69) is 15.3 Å². The lowest BCUT2D eigenvalue weighted by Crippen LogP contribution is -2.45. The van der Waals surface area contributed by atoms with Crippen LogP contribution in [0.5, 0.6) is 0 Å². The maximum absolute atomic E-state index is 13.5. The van der Waals surface area contributed by atoms with Gasteiger partial charge in [0.25, 0.3) is 5.56 Å². The van der Waals surface area contributed by atoms with E-state index in [0.717, 1.165) is 5.56 Å². The van der Waals surface area contributed by atoms with Crippen molar-refractivity contribution in [1.29, 1.82) is 0 Å². The molecule has 2 heterocycles. The van der Waals surface area contributed by atoms with E-state index in [4.69, 9.17) is 5.73 Å². The smallest absolute Gasteiger partial charge is 0.258 e. The largest absolute Gasteiger partial charge is 0.369 e. The zero-order valence-corrected chi connectivity index (χ0v) is 15.4. The number of rotatable bonds is 3. The minimum absolute atomic E-state index is 0.0960. The van der Waals surface area contributed by atoms with Gasteiger partial charge >= 0.3 is 0 Å². The summed E-state index contributed by atoms with van der Waals surface area (Å²) < 4.78 is 13.5. The van der Waals surface area contributed by atoms with Crippen molar-refractivity contribution in [1.82, 2.24) is 9.97 Å². The maximum Gasteiger partial charge on any atom is 0.258 e. The van der Waals surface area contributed by atoms with Gasteiger partial charge in [0.15, 0.2) is 0 Å². The SMILES string of the molecule is Cc1ccc([C@H]2Nc3nc(N)[nH]c(=O)c3[C@H](c3ccc(F)cc3)[C@H]2[N+](=O)[O-])cc1. The van der Waals surface area contributed by atoms with E-state index in [1.807, 2.05) is 19.1 Å². The Morgan fingerprint density at radius 3 is 2.34 bits per heavy atom. The summed E-state index contributed by atoms with van der Waals surface area (Å²) >= 11 is 0. The first-order valence-electron chi connectivity index (χ1n) is 8.97. The lowest BCUT2D eigenvalue weighted by Gasteiger charge is -2.34. The zero-order chi connectivity index (χ0) is 20.7. The fraction of sp³-hybridized carbons (Fsp3) is 0.200. The van der Waals surface area contributed by atoms with Gasteiger partial charge in [0.05, 0.1) is 11.5 Å². The molecule has 0 amide bonds. The van der Waals surface area contributed by atoms with E-state index in [1.165, 1.54) is 24.3 Å². The molecule has 29 heavy (non-hydrogen) atoms. The number of benzene rings is 2. The van der Waals surface area contributed by atoms with Gasteiger partial charge in [0.2, 0.25) is 12.0 Å². The molecule has 2 aromatic carbocycles. The number of H-pyrrole nitrogens is 1. The van der Waals surface area contributed by atoms with Crippen LogP contribution in [0, 0.1) is 22.9 Å². The summed E-state index contributed by atoms with van der Waals surface area (Å²) in [6.07, 6.45) is 0. The van der Waals surface area contributed by atoms with Crippen LogP contribution in [-0.2, 0) is 0 Å². The number of aromatic nitrogens is 2. The molecule has 1 aliphatic rings. The first kappa shape index (κ1) is 18.6. The fourth-order valence-electron chi connectivity index (χ4n) is 3.83. The highest BCUT2D eigenvalue weighted by Crippen LogP contribution is 2.43. The Morgan fingerprint density at radius 2 is 1.72 bits per heavy atom. The number of fused-ring (bicyclic) bond motifs is 1. The van der Waals surface area contributed by atoms with Crippen LogP contribution in [0.2, 0.25) is 0 Å². The topological polar surface area (TPSA) is 127 Å². The number of halogens is 1. The number of nitro groups is 1. The van der Waals surface area contributed by atoms with Crippen LogP contribution in [0.3, 0.4) is 0 Å². The van der Waals surface area contributed by atoms with Crippen molar-refractivity contribution < 1.29 is 9.31 Å². The molecular formula is C20H18FN5O3. The Kier molecular flexibility index (Phi) is 4.50. The summed E-state index contributed by atoms with van der Waals surface area (Å²) in [6, 6.07) is 10.7. The Hall–Kier alpha value is -3.75. The van der Waals surface area contributed by atoms with Gasteiger partial charge in [-0.3, -0.25) is 19.9 Å². The second kappa shape index (κ2) is 7.01. The Bertz CT molecular complexity index is 1130. The first-order chi connectivity index (χ1) is 13.8. The van der Waals surface area contributed by atoms with Crippen molar-refractivity contribution >= 4 is 11.8 Å². The Morgan fingerprint density at radius 1 is 1.10 bits per heavy atom. The third-order valence-corrected chi connectivity index (χ3v) is 5.17. The molecule has 1 aliphatic heterocycles. The third kappa shape index (κ3) is 3.31. The standard InChI is InChI=1S/C20H18FN5O3/c1-10-2-4-12(5-3-10)16-17(26(28)29)14(11-6-8-13(21)9-7-11)15-18(23-16)24-20(22)25-19(15)27/h2-9,14,16-17H,1H3,(H4,22,23,24,25,27)/t14-,16+,17+/m0/s1. The number of hydrogen-bond acceptors (Lipinski definition) is 6. The molecule has 148 valence electrons. The van der Waals surface area contributed by atoms with E-state index in [1.54, 1.807) is 12.1 Å². The van der Waals surface area contributed by atoms with E-state index in [-0.39, 0.29) is 17.3 Å². The summed E-state index contributed by atoms with van der Waals surface area (Å²) in [5.74, 6) is -1.32. The van der Waals surface area contributed by atoms with Crippen LogP contribution < -0.4 is 16.6 Å². The molecular weight excluding hydrogens is 377 g/mol.